The van der Waals surface area contributed by atoms with Crippen LogP contribution in [0.1, 0.15) is 22.8 Å². The molecule has 1 aliphatic heterocycles. The molecule has 1 N–H and O–H groups in total. The quantitative estimate of drug-likeness (QED) is 0.934. The number of pyridine rings is 1. The van der Waals surface area contributed by atoms with Crippen molar-refractivity contribution >= 4 is 5.91 Å². The third-order valence-corrected chi connectivity index (χ3v) is 3.66. The van der Waals surface area contributed by atoms with Gasteiger partial charge in [0.15, 0.2) is 0 Å². The summed E-state index contributed by atoms with van der Waals surface area (Å²) in [5.74, 6) is -0.00495. The third kappa shape index (κ3) is 3.47. The second kappa shape index (κ2) is 6.50. The van der Waals surface area contributed by atoms with Gasteiger partial charge in [0.1, 0.15) is 6.10 Å². The Labute approximate surface area is 124 Å². The summed E-state index contributed by atoms with van der Waals surface area (Å²) in [6.45, 7) is 1.22. The summed E-state index contributed by atoms with van der Waals surface area (Å²) < 4.78 is 5.78. The number of hydrogen-bond donors (Lipinski definition) is 1. The molecule has 1 aliphatic rings. The molecule has 1 atom stereocenters. The Morgan fingerprint density at radius 3 is 3.05 bits per heavy atom. The summed E-state index contributed by atoms with van der Waals surface area (Å²) in [6.07, 6.45) is 4.66. The highest BCUT2D eigenvalue weighted by Gasteiger charge is 2.20. The summed E-state index contributed by atoms with van der Waals surface area (Å²) in [5.41, 5.74) is 3.42. The summed E-state index contributed by atoms with van der Waals surface area (Å²) in [4.78, 5) is 16.0. The van der Waals surface area contributed by atoms with E-state index in [0.29, 0.717) is 19.6 Å². The standard InChI is InChI=1S/C17H18N2O2/c20-17(10-13-4-3-8-18-11-13)19-12-16-15-6-2-1-5-14(15)7-9-21-16/h1-6,8,11,16H,7,9-10,12H2,(H,19,20). The monoisotopic (exact) mass is 282 g/mol. The molecule has 0 aliphatic carbocycles. The van der Waals surface area contributed by atoms with E-state index in [4.69, 9.17) is 4.74 Å². The largest absolute Gasteiger partial charge is 0.371 e. The van der Waals surface area contributed by atoms with Crippen molar-refractivity contribution in [1.82, 2.24) is 10.3 Å². The number of amides is 1. The zero-order chi connectivity index (χ0) is 14.5. The van der Waals surface area contributed by atoms with Gasteiger partial charge in [-0.25, -0.2) is 0 Å². The first-order chi connectivity index (χ1) is 10.3. The second-order valence-corrected chi connectivity index (χ2v) is 5.15. The Morgan fingerprint density at radius 2 is 2.19 bits per heavy atom. The van der Waals surface area contributed by atoms with E-state index in [2.05, 4.69) is 22.4 Å². The molecule has 1 amide bonds. The van der Waals surface area contributed by atoms with Crippen LogP contribution in [0.25, 0.3) is 0 Å². The summed E-state index contributed by atoms with van der Waals surface area (Å²) in [5, 5.41) is 2.95. The number of ether oxygens (including phenoxy) is 1. The van der Waals surface area contributed by atoms with Crippen LogP contribution in [0.2, 0.25) is 0 Å². The van der Waals surface area contributed by atoms with Crippen molar-refractivity contribution in [2.24, 2.45) is 0 Å². The molecule has 2 heterocycles. The zero-order valence-corrected chi connectivity index (χ0v) is 11.8. The number of hydrogen-bond acceptors (Lipinski definition) is 3. The number of nitrogens with one attached hydrogen (secondary N) is 1. The van der Waals surface area contributed by atoms with Gasteiger partial charge in [-0.2, -0.15) is 0 Å². The summed E-state index contributed by atoms with van der Waals surface area (Å²) >= 11 is 0. The SMILES string of the molecule is O=C(Cc1cccnc1)NCC1OCCc2ccccc21. The predicted molar refractivity (Wildman–Crippen MR) is 79.8 cm³/mol. The number of nitrogens with zero attached hydrogens (tertiary/aromatic N) is 1. The Bertz CT molecular complexity index is 613. The van der Waals surface area contributed by atoms with Crippen LogP contribution in [-0.4, -0.2) is 24.0 Å². The van der Waals surface area contributed by atoms with Crippen LogP contribution in [0.5, 0.6) is 0 Å². The molecule has 1 aromatic heterocycles. The number of rotatable bonds is 4. The number of benzene rings is 1. The van der Waals surface area contributed by atoms with Crippen molar-refractivity contribution in [2.75, 3.05) is 13.2 Å². The number of carbonyl (C=O) groups excluding carboxylic acids is 1. The first kappa shape index (κ1) is 13.8. The molecule has 0 radical (unpaired) electrons. The van der Waals surface area contributed by atoms with Gasteiger partial charge >= 0.3 is 0 Å². The fraction of sp³-hybridized carbons (Fsp3) is 0.294. The number of fused-ring (bicyclic) bond motifs is 1. The van der Waals surface area contributed by atoms with Crippen molar-refractivity contribution < 1.29 is 9.53 Å². The van der Waals surface area contributed by atoms with Gasteiger partial charge in [-0.3, -0.25) is 9.78 Å². The van der Waals surface area contributed by atoms with E-state index in [-0.39, 0.29) is 12.0 Å². The highest BCUT2D eigenvalue weighted by atomic mass is 16.5. The highest BCUT2D eigenvalue weighted by Crippen LogP contribution is 2.26. The molecule has 4 nitrogen and oxygen atoms in total. The van der Waals surface area contributed by atoms with E-state index < -0.39 is 0 Å². The molecule has 108 valence electrons. The Kier molecular flexibility index (Phi) is 4.26. The van der Waals surface area contributed by atoms with Crippen molar-refractivity contribution in [2.45, 2.75) is 18.9 Å². The minimum Gasteiger partial charge on any atom is -0.371 e. The van der Waals surface area contributed by atoms with Gasteiger partial charge in [-0.05, 0) is 29.2 Å². The Hall–Kier alpha value is -2.20. The average molecular weight is 282 g/mol. The summed E-state index contributed by atoms with van der Waals surface area (Å²) in [7, 11) is 0. The fourth-order valence-electron chi connectivity index (χ4n) is 2.60. The van der Waals surface area contributed by atoms with Gasteiger partial charge in [-0.15, -0.1) is 0 Å². The molecular weight excluding hydrogens is 264 g/mol. The predicted octanol–water partition coefficient (Wildman–Crippen LogP) is 2.05. The molecule has 1 unspecified atom stereocenters. The molecule has 0 bridgehead atoms. The smallest absolute Gasteiger partial charge is 0.224 e. The maximum atomic E-state index is 12.0. The van der Waals surface area contributed by atoms with Crippen LogP contribution in [-0.2, 0) is 22.4 Å². The van der Waals surface area contributed by atoms with Gasteiger partial charge in [0, 0.05) is 18.9 Å². The van der Waals surface area contributed by atoms with E-state index in [1.807, 2.05) is 24.3 Å². The van der Waals surface area contributed by atoms with E-state index in [9.17, 15) is 4.79 Å². The molecule has 3 rings (SSSR count). The van der Waals surface area contributed by atoms with E-state index >= 15 is 0 Å². The minimum absolute atomic E-state index is 0.00495. The number of carbonyl (C=O) groups is 1. The van der Waals surface area contributed by atoms with Crippen molar-refractivity contribution in [3.05, 3.63) is 65.5 Å². The van der Waals surface area contributed by atoms with Gasteiger partial charge in [0.25, 0.3) is 0 Å². The average Bonchev–Trinajstić information content (AvgIpc) is 2.54. The Balaban J connectivity index is 1.57. The van der Waals surface area contributed by atoms with Crippen LogP contribution in [0, 0.1) is 0 Å². The van der Waals surface area contributed by atoms with Crippen LogP contribution in [0.4, 0.5) is 0 Å². The lowest BCUT2D eigenvalue weighted by Crippen LogP contribution is -2.32. The fourth-order valence-corrected chi connectivity index (χ4v) is 2.60. The molecule has 21 heavy (non-hydrogen) atoms. The van der Waals surface area contributed by atoms with Crippen molar-refractivity contribution in [3.63, 3.8) is 0 Å². The first-order valence-corrected chi connectivity index (χ1v) is 7.18. The lowest BCUT2D eigenvalue weighted by Gasteiger charge is -2.26. The normalized spacial score (nSPS) is 17.0. The highest BCUT2D eigenvalue weighted by molar-refractivity contribution is 5.78. The van der Waals surface area contributed by atoms with Gasteiger partial charge in [0.05, 0.1) is 13.0 Å². The number of aromatic nitrogens is 1. The van der Waals surface area contributed by atoms with E-state index in [1.165, 1.54) is 11.1 Å². The molecule has 4 heteroatoms. The van der Waals surface area contributed by atoms with Crippen LogP contribution >= 0.6 is 0 Å². The third-order valence-electron chi connectivity index (χ3n) is 3.66. The molecule has 0 saturated carbocycles. The van der Waals surface area contributed by atoms with Crippen molar-refractivity contribution in [1.29, 1.82) is 0 Å². The van der Waals surface area contributed by atoms with Gasteiger partial charge in [0.2, 0.25) is 5.91 Å². The van der Waals surface area contributed by atoms with Crippen LogP contribution in [0.15, 0.2) is 48.8 Å². The Morgan fingerprint density at radius 1 is 1.29 bits per heavy atom. The molecule has 0 spiro atoms. The van der Waals surface area contributed by atoms with Crippen LogP contribution < -0.4 is 5.32 Å². The lowest BCUT2D eigenvalue weighted by molar-refractivity contribution is -0.121. The molecule has 2 aromatic rings. The van der Waals surface area contributed by atoms with Gasteiger partial charge in [-0.1, -0.05) is 30.3 Å². The molecule has 0 saturated heterocycles. The van der Waals surface area contributed by atoms with Gasteiger partial charge < -0.3 is 10.1 Å². The van der Waals surface area contributed by atoms with Crippen molar-refractivity contribution in [3.8, 4) is 0 Å². The molecule has 1 aromatic carbocycles. The molecular formula is C17H18N2O2. The van der Waals surface area contributed by atoms with Crippen LogP contribution in [0.3, 0.4) is 0 Å². The van der Waals surface area contributed by atoms with E-state index in [0.717, 1.165) is 12.0 Å². The maximum Gasteiger partial charge on any atom is 0.224 e. The topological polar surface area (TPSA) is 51.2 Å². The summed E-state index contributed by atoms with van der Waals surface area (Å²) in [6, 6.07) is 12.0. The lowest BCUT2D eigenvalue weighted by atomic mass is 9.97. The molecule has 0 fully saturated rings. The van der Waals surface area contributed by atoms with E-state index in [1.54, 1.807) is 12.4 Å². The minimum atomic E-state index is -0.0483. The maximum absolute atomic E-state index is 12.0. The first-order valence-electron chi connectivity index (χ1n) is 7.18. The second-order valence-electron chi connectivity index (χ2n) is 5.15. The zero-order valence-electron chi connectivity index (χ0n) is 11.8.